The second-order valence-corrected chi connectivity index (χ2v) is 8.51. The molecule has 8 heteroatoms. The van der Waals surface area contributed by atoms with Gasteiger partial charge in [-0.25, -0.2) is 4.39 Å². The number of furan rings is 1. The van der Waals surface area contributed by atoms with Gasteiger partial charge < -0.3 is 9.32 Å². The van der Waals surface area contributed by atoms with Gasteiger partial charge >= 0.3 is 0 Å². The van der Waals surface area contributed by atoms with E-state index in [0.717, 1.165) is 31.4 Å². The average molecular weight is 429 g/mol. The number of benzene rings is 1. The van der Waals surface area contributed by atoms with Crippen molar-refractivity contribution >= 4 is 17.7 Å². The van der Waals surface area contributed by atoms with E-state index in [2.05, 4.69) is 10.2 Å². The van der Waals surface area contributed by atoms with Gasteiger partial charge in [0.1, 0.15) is 11.6 Å². The first-order chi connectivity index (χ1) is 14.6. The first-order valence-corrected chi connectivity index (χ1v) is 11.2. The largest absolute Gasteiger partial charge is 0.467 e. The van der Waals surface area contributed by atoms with Crippen LogP contribution in [0.5, 0.6) is 0 Å². The van der Waals surface area contributed by atoms with Gasteiger partial charge in [0.15, 0.2) is 11.0 Å². The van der Waals surface area contributed by atoms with E-state index < -0.39 is 0 Å². The highest BCUT2D eigenvalue weighted by atomic mass is 32.2. The quantitative estimate of drug-likeness (QED) is 0.499. The van der Waals surface area contributed by atoms with Crippen molar-refractivity contribution in [1.82, 2.24) is 19.7 Å². The molecule has 1 saturated carbocycles. The molecule has 0 aliphatic heterocycles. The first-order valence-electron chi connectivity index (χ1n) is 10.2. The molecule has 158 valence electrons. The lowest BCUT2D eigenvalue weighted by atomic mass is 9.95. The Hall–Kier alpha value is -2.61. The molecule has 1 fully saturated rings. The maximum Gasteiger partial charge on any atom is 0.233 e. The molecule has 0 spiro atoms. The van der Waals surface area contributed by atoms with Crippen molar-refractivity contribution in [2.45, 2.75) is 49.8 Å². The van der Waals surface area contributed by atoms with Gasteiger partial charge in [0, 0.05) is 13.1 Å². The van der Waals surface area contributed by atoms with E-state index in [9.17, 15) is 9.18 Å². The zero-order chi connectivity index (χ0) is 20.9. The van der Waals surface area contributed by atoms with Crippen molar-refractivity contribution in [2.24, 2.45) is 0 Å². The minimum absolute atomic E-state index is 0.0259. The Morgan fingerprint density at radius 3 is 2.73 bits per heavy atom. The summed E-state index contributed by atoms with van der Waals surface area (Å²) in [7, 11) is 1.75. The molecule has 0 radical (unpaired) electrons. The number of hydrogen-bond acceptors (Lipinski definition) is 5. The fraction of sp³-hybridized carbons (Fsp3) is 0.409. The number of nitrogens with zero attached hydrogens (tertiary/aromatic N) is 4. The average Bonchev–Trinajstić information content (AvgIpc) is 3.43. The second-order valence-electron chi connectivity index (χ2n) is 7.57. The SMILES string of the molecule is CN(Cc1ccco1)C(=O)CSc1nnc(-c2ccccc2F)n1C1CCCCC1. The molecule has 3 aromatic rings. The Balaban J connectivity index is 1.54. The predicted octanol–water partition coefficient (Wildman–Crippen LogP) is 4.93. The summed E-state index contributed by atoms with van der Waals surface area (Å²) in [5.74, 6) is 1.18. The molecule has 6 nitrogen and oxygen atoms in total. The van der Waals surface area contributed by atoms with Gasteiger partial charge in [-0.05, 0) is 37.1 Å². The monoisotopic (exact) mass is 428 g/mol. The highest BCUT2D eigenvalue weighted by Crippen LogP contribution is 2.36. The highest BCUT2D eigenvalue weighted by Gasteiger charge is 2.25. The van der Waals surface area contributed by atoms with Crippen LogP contribution in [0.2, 0.25) is 0 Å². The number of aromatic nitrogens is 3. The number of halogens is 1. The van der Waals surface area contributed by atoms with Gasteiger partial charge in [-0.3, -0.25) is 9.36 Å². The zero-order valence-electron chi connectivity index (χ0n) is 17.0. The van der Waals surface area contributed by atoms with Gasteiger partial charge in [0.25, 0.3) is 0 Å². The molecular formula is C22H25FN4O2S. The van der Waals surface area contributed by atoms with Crippen LogP contribution in [0.25, 0.3) is 11.4 Å². The maximum absolute atomic E-state index is 14.5. The summed E-state index contributed by atoms with van der Waals surface area (Å²) in [6.07, 6.45) is 7.10. The van der Waals surface area contributed by atoms with E-state index in [1.165, 1.54) is 24.2 Å². The topological polar surface area (TPSA) is 64.2 Å². The third-order valence-corrected chi connectivity index (χ3v) is 6.37. The summed E-state index contributed by atoms with van der Waals surface area (Å²) in [5, 5.41) is 9.32. The van der Waals surface area contributed by atoms with Crippen molar-refractivity contribution in [3.8, 4) is 11.4 Å². The van der Waals surface area contributed by atoms with Gasteiger partial charge in [-0.1, -0.05) is 43.2 Å². The molecule has 4 rings (SSSR count). The summed E-state index contributed by atoms with van der Waals surface area (Å²) >= 11 is 1.36. The number of amides is 1. The van der Waals surface area contributed by atoms with Crippen molar-refractivity contribution in [1.29, 1.82) is 0 Å². The Bertz CT molecular complexity index is 983. The first kappa shape index (κ1) is 20.7. The summed E-state index contributed by atoms with van der Waals surface area (Å²) < 4.78 is 21.8. The summed E-state index contributed by atoms with van der Waals surface area (Å²) in [6.45, 7) is 0.419. The van der Waals surface area contributed by atoms with E-state index in [1.54, 1.807) is 42.5 Å². The van der Waals surface area contributed by atoms with Crippen LogP contribution in [0.15, 0.2) is 52.2 Å². The van der Waals surface area contributed by atoms with Gasteiger partial charge in [0.05, 0.1) is 24.1 Å². The molecule has 1 aliphatic rings. The van der Waals surface area contributed by atoms with Crippen LogP contribution in [-0.2, 0) is 11.3 Å². The van der Waals surface area contributed by atoms with Crippen molar-refractivity contribution in [3.63, 3.8) is 0 Å². The molecule has 0 unspecified atom stereocenters. The Labute approximate surface area is 179 Å². The number of rotatable bonds is 7. The molecule has 30 heavy (non-hydrogen) atoms. The minimum Gasteiger partial charge on any atom is -0.467 e. The normalized spacial score (nSPS) is 14.7. The molecule has 1 aliphatic carbocycles. The fourth-order valence-electron chi connectivity index (χ4n) is 3.83. The lowest BCUT2D eigenvalue weighted by Gasteiger charge is -2.25. The van der Waals surface area contributed by atoms with Crippen molar-refractivity contribution in [3.05, 3.63) is 54.2 Å². The number of carbonyl (C=O) groups excluding carboxylic acids is 1. The van der Waals surface area contributed by atoms with Crippen LogP contribution in [0.4, 0.5) is 4.39 Å². The van der Waals surface area contributed by atoms with E-state index in [1.807, 2.05) is 10.6 Å². The molecule has 0 atom stereocenters. The standard InChI is InChI=1S/C22H25FN4O2S/c1-26(14-17-10-7-13-29-17)20(28)15-30-22-25-24-21(18-11-5-6-12-19(18)23)27(22)16-8-3-2-4-9-16/h5-7,10-13,16H,2-4,8-9,14-15H2,1H3. The van der Waals surface area contributed by atoms with Crippen molar-refractivity contribution in [2.75, 3.05) is 12.8 Å². The van der Waals surface area contributed by atoms with E-state index in [4.69, 9.17) is 4.42 Å². The van der Waals surface area contributed by atoms with Gasteiger partial charge in [0.2, 0.25) is 5.91 Å². The molecule has 1 aromatic carbocycles. The van der Waals surface area contributed by atoms with E-state index in [-0.39, 0.29) is 23.5 Å². The summed E-state index contributed by atoms with van der Waals surface area (Å²) in [4.78, 5) is 14.2. The number of thioether (sulfide) groups is 1. The van der Waals surface area contributed by atoms with Crippen LogP contribution >= 0.6 is 11.8 Å². The second kappa shape index (κ2) is 9.47. The third kappa shape index (κ3) is 4.59. The van der Waals surface area contributed by atoms with Crippen LogP contribution < -0.4 is 0 Å². The van der Waals surface area contributed by atoms with E-state index >= 15 is 0 Å². The van der Waals surface area contributed by atoms with Gasteiger partial charge in [-0.15, -0.1) is 10.2 Å². The molecule has 0 bridgehead atoms. The van der Waals surface area contributed by atoms with Crippen molar-refractivity contribution < 1.29 is 13.6 Å². The smallest absolute Gasteiger partial charge is 0.233 e. The third-order valence-electron chi connectivity index (χ3n) is 5.44. The molecule has 0 saturated heterocycles. The predicted molar refractivity (Wildman–Crippen MR) is 113 cm³/mol. The van der Waals surface area contributed by atoms with Crippen LogP contribution in [-0.4, -0.2) is 38.4 Å². The molecular weight excluding hydrogens is 403 g/mol. The Morgan fingerprint density at radius 1 is 1.20 bits per heavy atom. The van der Waals surface area contributed by atoms with E-state index in [0.29, 0.717) is 23.1 Å². The fourth-order valence-corrected chi connectivity index (χ4v) is 4.78. The van der Waals surface area contributed by atoms with Crippen LogP contribution in [0.1, 0.15) is 43.9 Å². The number of carbonyl (C=O) groups is 1. The minimum atomic E-state index is -0.312. The summed E-state index contributed by atoms with van der Waals surface area (Å²) in [6, 6.07) is 10.5. The van der Waals surface area contributed by atoms with Crippen LogP contribution in [0, 0.1) is 5.82 Å². The van der Waals surface area contributed by atoms with Gasteiger partial charge in [-0.2, -0.15) is 0 Å². The molecule has 0 N–H and O–H groups in total. The maximum atomic E-state index is 14.5. The zero-order valence-corrected chi connectivity index (χ0v) is 17.8. The Morgan fingerprint density at radius 2 is 2.00 bits per heavy atom. The molecule has 2 heterocycles. The number of hydrogen-bond donors (Lipinski definition) is 0. The lowest BCUT2D eigenvalue weighted by Crippen LogP contribution is -2.27. The lowest BCUT2D eigenvalue weighted by molar-refractivity contribution is -0.127. The molecule has 1 amide bonds. The highest BCUT2D eigenvalue weighted by molar-refractivity contribution is 7.99. The molecule has 2 aromatic heterocycles. The Kier molecular flexibility index (Phi) is 6.52. The summed E-state index contributed by atoms with van der Waals surface area (Å²) in [5.41, 5.74) is 0.448. The van der Waals surface area contributed by atoms with Crippen LogP contribution in [0.3, 0.4) is 0 Å².